The molecule has 0 bridgehead atoms. The lowest BCUT2D eigenvalue weighted by molar-refractivity contribution is -0.136. The van der Waals surface area contributed by atoms with E-state index in [-0.39, 0.29) is 6.42 Å². The third kappa shape index (κ3) is 9.79. The van der Waals surface area contributed by atoms with Crippen LogP contribution < -0.4 is 0 Å². The average Bonchev–Trinajstić information content (AvgIpc) is 2.55. The summed E-state index contributed by atoms with van der Waals surface area (Å²) in [5.41, 5.74) is 2.02. The average molecular weight is 314 g/mol. The maximum atomic E-state index is 10.7. The Labute approximate surface area is 141 Å². The number of aliphatic carboxylic acids is 1. The van der Waals surface area contributed by atoms with Crippen molar-refractivity contribution in [1.82, 2.24) is 0 Å². The monoisotopic (exact) mass is 314 g/mol. The molecule has 0 saturated carbocycles. The Balaban J connectivity index is 2.24. The van der Waals surface area contributed by atoms with Crippen LogP contribution in [0.25, 0.3) is 0 Å². The van der Waals surface area contributed by atoms with E-state index in [1.54, 1.807) is 0 Å². The van der Waals surface area contributed by atoms with Gasteiger partial charge in [0.15, 0.2) is 0 Å². The second-order valence-electron chi connectivity index (χ2n) is 6.08. The standard InChI is InChI=1S/C21H30O2/c1-2-3-4-5-6-7-8-9-10-11-14-19-15-12-13-16-20(19)17-18-21(22)23/h12-13,15-16H,2-10,17-18H2,1H3,(H,22,23). The number of aryl methyl sites for hydroxylation is 1. The van der Waals surface area contributed by atoms with Crippen LogP contribution >= 0.6 is 0 Å². The van der Waals surface area contributed by atoms with Gasteiger partial charge in [0.1, 0.15) is 0 Å². The van der Waals surface area contributed by atoms with Crippen LogP contribution in [0.15, 0.2) is 24.3 Å². The molecule has 2 nitrogen and oxygen atoms in total. The number of carboxylic acids is 1. The predicted molar refractivity (Wildman–Crippen MR) is 96.5 cm³/mol. The second-order valence-corrected chi connectivity index (χ2v) is 6.08. The first-order valence-corrected chi connectivity index (χ1v) is 9.02. The number of hydrogen-bond acceptors (Lipinski definition) is 1. The van der Waals surface area contributed by atoms with Crippen molar-refractivity contribution < 1.29 is 9.90 Å². The highest BCUT2D eigenvalue weighted by Gasteiger charge is 2.02. The smallest absolute Gasteiger partial charge is 0.303 e. The van der Waals surface area contributed by atoms with Crippen molar-refractivity contribution in [2.24, 2.45) is 0 Å². The number of unbranched alkanes of at least 4 members (excludes halogenated alkanes) is 8. The van der Waals surface area contributed by atoms with E-state index in [9.17, 15) is 4.79 Å². The second kappa shape index (κ2) is 12.8. The van der Waals surface area contributed by atoms with E-state index < -0.39 is 5.97 Å². The molecule has 1 N–H and O–H groups in total. The van der Waals surface area contributed by atoms with Gasteiger partial charge in [-0.15, -0.1) is 0 Å². The van der Waals surface area contributed by atoms with Gasteiger partial charge < -0.3 is 5.11 Å². The van der Waals surface area contributed by atoms with Crippen molar-refractivity contribution in [2.45, 2.75) is 77.6 Å². The van der Waals surface area contributed by atoms with Crippen molar-refractivity contribution in [3.8, 4) is 11.8 Å². The summed E-state index contributed by atoms with van der Waals surface area (Å²) in [6.07, 6.45) is 12.2. The van der Waals surface area contributed by atoms with Crippen LogP contribution in [0.2, 0.25) is 0 Å². The highest BCUT2D eigenvalue weighted by atomic mass is 16.4. The Morgan fingerprint density at radius 1 is 1.00 bits per heavy atom. The SMILES string of the molecule is CCCCCCCCCCC#Cc1ccccc1CCC(=O)O. The highest BCUT2D eigenvalue weighted by Crippen LogP contribution is 2.11. The molecule has 0 aliphatic carbocycles. The molecule has 0 unspecified atom stereocenters. The normalized spacial score (nSPS) is 10.1. The van der Waals surface area contributed by atoms with Gasteiger partial charge in [0, 0.05) is 18.4 Å². The van der Waals surface area contributed by atoms with Crippen molar-refractivity contribution in [2.75, 3.05) is 0 Å². The summed E-state index contributed by atoms with van der Waals surface area (Å²) in [5, 5.41) is 8.79. The molecule has 1 aromatic carbocycles. The molecule has 126 valence electrons. The lowest BCUT2D eigenvalue weighted by Gasteiger charge is -2.02. The van der Waals surface area contributed by atoms with Gasteiger partial charge in [-0.05, 0) is 24.5 Å². The van der Waals surface area contributed by atoms with Gasteiger partial charge >= 0.3 is 5.97 Å². The van der Waals surface area contributed by atoms with Crippen LogP contribution in [-0.4, -0.2) is 11.1 Å². The molecule has 0 aliphatic rings. The molecule has 0 amide bonds. The van der Waals surface area contributed by atoms with Crippen LogP contribution in [-0.2, 0) is 11.2 Å². The van der Waals surface area contributed by atoms with Gasteiger partial charge in [-0.1, -0.05) is 81.9 Å². The predicted octanol–water partition coefficient (Wildman–Crippen LogP) is 5.59. The van der Waals surface area contributed by atoms with E-state index in [2.05, 4.69) is 18.8 Å². The summed E-state index contributed by atoms with van der Waals surface area (Å²) in [6.45, 7) is 2.25. The maximum Gasteiger partial charge on any atom is 0.303 e. The molecule has 0 aliphatic heterocycles. The molecule has 0 saturated heterocycles. The van der Waals surface area contributed by atoms with Crippen molar-refractivity contribution >= 4 is 5.97 Å². The van der Waals surface area contributed by atoms with E-state index in [1.807, 2.05) is 24.3 Å². The number of benzene rings is 1. The fourth-order valence-electron chi connectivity index (χ4n) is 2.61. The summed E-state index contributed by atoms with van der Waals surface area (Å²) in [6, 6.07) is 7.87. The summed E-state index contributed by atoms with van der Waals surface area (Å²) in [7, 11) is 0. The highest BCUT2D eigenvalue weighted by molar-refractivity contribution is 5.67. The van der Waals surface area contributed by atoms with Crippen LogP contribution in [0.5, 0.6) is 0 Å². The fraction of sp³-hybridized carbons (Fsp3) is 0.571. The summed E-state index contributed by atoms with van der Waals surface area (Å²) in [5.74, 6) is 5.70. The van der Waals surface area contributed by atoms with Gasteiger partial charge in [0.05, 0.1) is 0 Å². The first-order chi connectivity index (χ1) is 11.2. The van der Waals surface area contributed by atoms with Gasteiger partial charge in [0.25, 0.3) is 0 Å². The maximum absolute atomic E-state index is 10.7. The van der Waals surface area contributed by atoms with Crippen LogP contribution in [0, 0.1) is 11.8 Å². The van der Waals surface area contributed by atoms with E-state index in [0.29, 0.717) is 6.42 Å². The molecule has 1 aromatic rings. The molecule has 23 heavy (non-hydrogen) atoms. The van der Waals surface area contributed by atoms with Gasteiger partial charge in [-0.3, -0.25) is 4.79 Å². The zero-order valence-electron chi connectivity index (χ0n) is 14.4. The Kier molecular flexibility index (Phi) is 10.7. The van der Waals surface area contributed by atoms with E-state index >= 15 is 0 Å². The van der Waals surface area contributed by atoms with E-state index in [4.69, 9.17) is 5.11 Å². The number of hydrogen-bond donors (Lipinski definition) is 1. The molecule has 1 rings (SSSR count). The van der Waals surface area contributed by atoms with E-state index in [1.165, 1.54) is 44.9 Å². The molecule has 2 heteroatoms. The summed E-state index contributed by atoms with van der Waals surface area (Å²) >= 11 is 0. The number of carboxylic acid groups (broad SMARTS) is 1. The Morgan fingerprint density at radius 3 is 2.35 bits per heavy atom. The molecule has 0 radical (unpaired) electrons. The third-order valence-corrected chi connectivity index (χ3v) is 4.00. The van der Waals surface area contributed by atoms with Crippen molar-refractivity contribution in [1.29, 1.82) is 0 Å². The fourth-order valence-corrected chi connectivity index (χ4v) is 2.61. The molecule has 0 atom stereocenters. The first-order valence-electron chi connectivity index (χ1n) is 9.02. The minimum absolute atomic E-state index is 0.163. The van der Waals surface area contributed by atoms with Crippen LogP contribution in [0.1, 0.15) is 82.3 Å². The summed E-state index contributed by atoms with van der Waals surface area (Å²) in [4.78, 5) is 10.7. The molecule has 0 aromatic heterocycles. The van der Waals surface area contributed by atoms with Crippen molar-refractivity contribution in [3.63, 3.8) is 0 Å². The lowest BCUT2D eigenvalue weighted by Crippen LogP contribution is -1.99. The third-order valence-electron chi connectivity index (χ3n) is 4.00. The van der Waals surface area contributed by atoms with Gasteiger partial charge in [-0.2, -0.15) is 0 Å². The molecule has 0 fully saturated rings. The zero-order valence-corrected chi connectivity index (χ0v) is 14.4. The minimum Gasteiger partial charge on any atom is -0.481 e. The van der Waals surface area contributed by atoms with Crippen molar-refractivity contribution in [3.05, 3.63) is 35.4 Å². The Bertz CT molecular complexity index is 508. The Hall–Kier alpha value is -1.75. The van der Waals surface area contributed by atoms with Crippen LogP contribution in [0.3, 0.4) is 0 Å². The summed E-state index contributed by atoms with van der Waals surface area (Å²) < 4.78 is 0. The number of carbonyl (C=O) groups is 1. The molecule has 0 heterocycles. The largest absolute Gasteiger partial charge is 0.481 e. The van der Waals surface area contributed by atoms with Gasteiger partial charge in [-0.25, -0.2) is 0 Å². The minimum atomic E-state index is -0.758. The molecular formula is C21H30O2. The zero-order chi connectivity index (χ0) is 16.8. The Morgan fingerprint density at radius 2 is 1.65 bits per heavy atom. The quantitative estimate of drug-likeness (QED) is 0.427. The first kappa shape index (κ1) is 19.3. The lowest BCUT2D eigenvalue weighted by atomic mass is 10.0. The van der Waals surface area contributed by atoms with E-state index in [0.717, 1.165) is 24.0 Å². The van der Waals surface area contributed by atoms with Crippen LogP contribution in [0.4, 0.5) is 0 Å². The molecule has 0 spiro atoms. The topological polar surface area (TPSA) is 37.3 Å². The van der Waals surface area contributed by atoms with Gasteiger partial charge in [0.2, 0.25) is 0 Å². The number of rotatable bonds is 11. The molecular weight excluding hydrogens is 284 g/mol.